The molecule has 0 aliphatic heterocycles. The van der Waals surface area contributed by atoms with Crippen molar-refractivity contribution in [1.82, 2.24) is 10.4 Å². The number of hydrogen-bond donors (Lipinski definition) is 2. The maximum Gasteiger partial charge on any atom is 0.457 e. The highest BCUT2D eigenvalue weighted by Gasteiger charge is 2.46. The van der Waals surface area contributed by atoms with Crippen LogP contribution in [0.1, 0.15) is 67.2 Å². The largest absolute Gasteiger partial charge is 0.457 e. The normalized spacial score (nSPS) is 24.6. The number of aliphatic hydroxyl groups excluding tert-OH is 1. The molecule has 1 radical (unpaired) electrons. The van der Waals surface area contributed by atoms with E-state index in [4.69, 9.17) is 4.74 Å². The minimum absolute atomic E-state index is 0.0590. The molecule has 1 rings (SSSR count). The lowest BCUT2D eigenvalue weighted by atomic mass is 9.90. The van der Waals surface area contributed by atoms with Crippen LogP contribution < -0.4 is 10.4 Å². The van der Waals surface area contributed by atoms with E-state index in [9.17, 15) is 9.90 Å². The van der Waals surface area contributed by atoms with Crippen LogP contribution in [-0.2, 0) is 4.74 Å². The van der Waals surface area contributed by atoms with Crippen molar-refractivity contribution >= 4 is 6.09 Å². The number of nitrogens with zero attached hydrogens (tertiary/aromatic N) is 1. The fraction of sp³-hybridized carbons (Fsp3) is 0.933. The summed E-state index contributed by atoms with van der Waals surface area (Å²) in [6.45, 7) is 11.6. The van der Waals surface area contributed by atoms with Crippen LogP contribution in [0.5, 0.6) is 0 Å². The molecule has 5 nitrogen and oxygen atoms in total. The first kappa shape index (κ1) is 17.2. The molecule has 1 fully saturated rings. The van der Waals surface area contributed by atoms with E-state index in [1.165, 1.54) is 0 Å². The van der Waals surface area contributed by atoms with Crippen LogP contribution in [0.15, 0.2) is 0 Å². The Balaban J connectivity index is 2.77. The second kappa shape index (κ2) is 6.31. The van der Waals surface area contributed by atoms with Crippen LogP contribution >= 0.6 is 0 Å². The van der Waals surface area contributed by atoms with Crippen LogP contribution in [0.4, 0.5) is 4.79 Å². The Morgan fingerprint density at radius 2 is 1.70 bits per heavy atom. The highest BCUT2D eigenvalue weighted by Crippen LogP contribution is 2.25. The highest BCUT2D eigenvalue weighted by molar-refractivity contribution is 5.67. The van der Waals surface area contributed by atoms with Gasteiger partial charge in [-0.25, -0.2) is 4.79 Å². The van der Waals surface area contributed by atoms with Crippen molar-refractivity contribution in [3.05, 3.63) is 0 Å². The number of amides is 1. The van der Waals surface area contributed by atoms with Gasteiger partial charge in [-0.3, -0.25) is 0 Å². The van der Waals surface area contributed by atoms with E-state index in [-0.39, 0.29) is 11.6 Å². The van der Waals surface area contributed by atoms with Crippen molar-refractivity contribution in [1.29, 1.82) is 0 Å². The Kier molecular flexibility index (Phi) is 5.44. The van der Waals surface area contributed by atoms with Crippen LogP contribution in [-0.4, -0.2) is 34.5 Å². The second-order valence-electron chi connectivity index (χ2n) is 7.57. The Bertz CT molecular complexity index is 331. The lowest BCUT2D eigenvalue weighted by Gasteiger charge is -2.35. The molecule has 0 heterocycles. The van der Waals surface area contributed by atoms with Gasteiger partial charge < -0.3 is 9.84 Å². The van der Waals surface area contributed by atoms with Crippen molar-refractivity contribution in [3.63, 3.8) is 0 Å². The van der Waals surface area contributed by atoms with E-state index >= 15 is 0 Å². The third-order valence-electron chi connectivity index (χ3n) is 3.36. The summed E-state index contributed by atoms with van der Waals surface area (Å²) in [6, 6.07) is -0.0590. The number of hydrazine groups is 1. The van der Waals surface area contributed by atoms with Crippen LogP contribution in [0, 0.1) is 0 Å². The molecule has 0 spiro atoms. The molecule has 5 heteroatoms. The zero-order valence-electron chi connectivity index (χ0n) is 13.7. The third-order valence-corrected chi connectivity index (χ3v) is 3.36. The quantitative estimate of drug-likeness (QED) is 0.606. The number of aliphatic hydroxyl groups is 1. The number of hydrogen-bond acceptors (Lipinski definition) is 4. The van der Waals surface area contributed by atoms with Crippen molar-refractivity contribution in [2.24, 2.45) is 0 Å². The van der Waals surface area contributed by atoms with E-state index < -0.39 is 17.8 Å². The minimum Gasteiger partial charge on any atom is -0.441 e. The van der Waals surface area contributed by atoms with Gasteiger partial charge in [0.2, 0.25) is 0 Å². The Hall–Kier alpha value is -0.810. The average Bonchev–Trinajstić information content (AvgIpc) is 2.23. The first-order chi connectivity index (χ1) is 9.00. The highest BCUT2D eigenvalue weighted by atomic mass is 16.6. The first-order valence-corrected chi connectivity index (χ1v) is 7.48. The van der Waals surface area contributed by atoms with Gasteiger partial charge in [0.25, 0.3) is 0 Å². The molecule has 1 saturated carbocycles. The summed E-state index contributed by atoms with van der Waals surface area (Å²) in [5.74, 6) is 0. The molecule has 0 bridgehead atoms. The lowest BCUT2D eigenvalue weighted by Crippen LogP contribution is -2.66. The predicted octanol–water partition coefficient (Wildman–Crippen LogP) is 2.67. The smallest absolute Gasteiger partial charge is 0.441 e. The molecule has 117 valence electrons. The van der Waals surface area contributed by atoms with Crippen molar-refractivity contribution in [2.45, 2.75) is 90.5 Å². The molecule has 1 aliphatic carbocycles. The van der Waals surface area contributed by atoms with Gasteiger partial charge in [0, 0.05) is 6.42 Å². The summed E-state index contributed by atoms with van der Waals surface area (Å²) in [5, 5.41) is 12.1. The number of carbonyl (C=O) groups excluding carboxylic acids is 1. The van der Waals surface area contributed by atoms with E-state index in [0.29, 0.717) is 0 Å². The van der Waals surface area contributed by atoms with E-state index in [1.807, 2.05) is 46.6 Å². The van der Waals surface area contributed by atoms with Gasteiger partial charge in [0.1, 0.15) is 11.7 Å². The SMILES string of the molecule is CC(C)(C)OC(=O)N[N+](C1CCCCC1O)C(C)(C)C. The Morgan fingerprint density at radius 1 is 1.15 bits per heavy atom. The fourth-order valence-corrected chi connectivity index (χ4v) is 2.54. The Morgan fingerprint density at radius 3 is 2.15 bits per heavy atom. The average molecular weight is 286 g/mol. The molecular weight excluding hydrogens is 256 g/mol. The molecule has 0 aromatic heterocycles. The summed E-state index contributed by atoms with van der Waals surface area (Å²) in [4.78, 5) is 12.0. The molecule has 2 atom stereocenters. The summed E-state index contributed by atoms with van der Waals surface area (Å²) in [7, 11) is 0. The summed E-state index contributed by atoms with van der Waals surface area (Å²) < 4.78 is 5.32. The van der Waals surface area contributed by atoms with Gasteiger partial charge in [-0.15, -0.1) is 5.43 Å². The summed E-state index contributed by atoms with van der Waals surface area (Å²) >= 11 is 0. The minimum atomic E-state index is -0.529. The first-order valence-electron chi connectivity index (χ1n) is 7.48. The van der Waals surface area contributed by atoms with Gasteiger partial charge >= 0.3 is 6.09 Å². The van der Waals surface area contributed by atoms with Gasteiger partial charge in [0.15, 0.2) is 11.6 Å². The van der Waals surface area contributed by atoms with Gasteiger partial charge in [-0.1, -0.05) is 6.42 Å². The molecule has 1 amide bonds. The number of carbonyl (C=O) groups is 1. The maximum absolute atomic E-state index is 12.0. The molecular formula is C15H30N2O3+. The monoisotopic (exact) mass is 286 g/mol. The molecule has 0 aromatic carbocycles. The number of rotatable bonds is 2. The number of nitrogens with one attached hydrogen (secondary N) is 1. The van der Waals surface area contributed by atoms with E-state index in [0.717, 1.165) is 25.7 Å². The summed E-state index contributed by atoms with van der Waals surface area (Å²) in [6.07, 6.45) is 2.91. The fourth-order valence-electron chi connectivity index (χ4n) is 2.54. The molecule has 0 saturated heterocycles. The van der Waals surface area contributed by atoms with E-state index in [1.54, 1.807) is 0 Å². The summed E-state index contributed by atoms with van der Waals surface area (Å²) in [5.41, 5.74) is 2.02. The van der Waals surface area contributed by atoms with Gasteiger partial charge in [-0.2, -0.15) is 0 Å². The molecule has 1 aliphatic rings. The second-order valence-corrected chi connectivity index (χ2v) is 7.57. The molecule has 0 aromatic rings. The third kappa shape index (κ3) is 5.29. The lowest BCUT2D eigenvalue weighted by molar-refractivity contribution is -0.00663. The molecule has 20 heavy (non-hydrogen) atoms. The van der Waals surface area contributed by atoms with Crippen LogP contribution in [0.3, 0.4) is 0 Å². The van der Waals surface area contributed by atoms with Gasteiger partial charge in [0.05, 0.1) is 0 Å². The van der Waals surface area contributed by atoms with Crippen molar-refractivity contribution in [3.8, 4) is 0 Å². The zero-order chi connectivity index (χ0) is 15.6. The van der Waals surface area contributed by atoms with Crippen molar-refractivity contribution < 1.29 is 14.6 Å². The predicted molar refractivity (Wildman–Crippen MR) is 79.5 cm³/mol. The molecule has 2 unspecified atom stereocenters. The van der Waals surface area contributed by atoms with E-state index in [2.05, 4.69) is 5.43 Å². The van der Waals surface area contributed by atoms with Crippen LogP contribution in [0.25, 0.3) is 0 Å². The number of ether oxygens (including phenoxy) is 1. The maximum atomic E-state index is 12.0. The molecule has 2 N–H and O–H groups in total. The topological polar surface area (TPSA) is 64.5 Å². The van der Waals surface area contributed by atoms with Gasteiger partial charge in [-0.05, 0) is 59.4 Å². The zero-order valence-corrected chi connectivity index (χ0v) is 13.7. The standard InChI is InChI=1S/C15H30N2O3/c1-14(2,3)17(11-9-7-8-10-12(11)18)16-13(19)20-15(4,5)6/h11-12,18H,7-10H2,1-6H3,(H,16,19)/q+1. The van der Waals surface area contributed by atoms with Crippen LogP contribution in [0.2, 0.25) is 0 Å². The van der Waals surface area contributed by atoms with Crippen molar-refractivity contribution in [2.75, 3.05) is 0 Å². The Labute approximate surface area is 122 Å².